The number of fused-ring (bicyclic) bond motifs is 1. The highest BCUT2D eigenvalue weighted by Gasteiger charge is 2.29. The fourth-order valence-electron chi connectivity index (χ4n) is 4.27. The van der Waals surface area contributed by atoms with Crippen molar-refractivity contribution in [1.82, 2.24) is 4.90 Å². The van der Waals surface area contributed by atoms with Crippen molar-refractivity contribution >= 4 is 34.0 Å². The topological polar surface area (TPSA) is 61.9 Å². The third kappa shape index (κ3) is 4.40. The summed E-state index contributed by atoms with van der Waals surface area (Å²) in [6.45, 7) is 1.07. The molecule has 3 aromatic rings. The number of likely N-dealkylation sites (tertiary alicyclic amines) is 1. The Morgan fingerprint density at radius 3 is 2.41 bits per heavy atom. The normalized spacial score (nSPS) is 16.0. The molecule has 0 aliphatic carbocycles. The lowest BCUT2D eigenvalue weighted by Crippen LogP contribution is -2.43. The molecule has 0 aromatic heterocycles. The number of carbonyl (C=O) groups excluding carboxylic acids is 2. The van der Waals surface area contributed by atoms with Crippen LogP contribution in [0, 0.1) is 5.92 Å². The Morgan fingerprint density at radius 1 is 1.00 bits per heavy atom. The molecule has 1 N–H and O–H groups in total. The van der Waals surface area contributed by atoms with Crippen LogP contribution in [0.15, 0.2) is 60.7 Å². The van der Waals surface area contributed by atoms with E-state index in [4.69, 9.17) is 4.74 Å². The van der Waals surface area contributed by atoms with E-state index in [1.54, 1.807) is 12.0 Å². The van der Waals surface area contributed by atoms with Crippen molar-refractivity contribution in [2.45, 2.75) is 12.8 Å². The molecule has 1 atom stereocenters. The first kappa shape index (κ1) is 21.7. The second kappa shape index (κ2) is 9.30. The first-order chi connectivity index (χ1) is 15.5. The van der Waals surface area contributed by atoms with Gasteiger partial charge in [-0.1, -0.05) is 24.3 Å². The summed E-state index contributed by atoms with van der Waals surface area (Å²) >= 11 is 0. The van der Waals surface area contributed by atoms with Crippen LogP contribution < -0.4 is 15.0 Å². The van der Waals surface area contributed by atoms with Gasteiger partial charge in [0.25, 0.3) is 5.91 Å². The quantitative estimate of drug-likeness (QED) is 0.650. The van der Waals surface area contributed by atoms with Crippen LogP contribution in [0.3, 0.4) is 0 Å². The van der Waals surface area contributed by atoms with Gasteiger partial charge in [0.05, 0.1) is 13.0 Å². The lowest BCUT2D eigenvalue weighted by Gasteiger charge is -2.32. The number of hydrogen-bond donors (Lipinski definition) is 1. The molecular formula is C26H29N3O3. The molecule has 2 amide bonds. The Bertz CT molecular complexity index is 1120. The SMILES string of the molecule is COc1ccc(C(=O)N2CCC[C@H](C(=O)Nc3ccc(N(C)C)cc3)C2)c2ccccc12. The molecule has 1 fully saturated rings. The molecule has 166 valence electrons. The number of benzene rings is 3. The van der Waals surface area contributed by atoms with Crippen LogP contribution in [-0.4, -0.2) is 51.0 Å². The van der Waals surface area contributed by atoms with Gasteiger partial charge in [-0.2, -0.15) is 0 Å². The van der Waals surface area contributed by atoms with E-state index in [0.29, 0.717) is 18.7 Å². The highest BCUT2D eigenvalue weighted by atomic mass is 16.5. The zero-order valence-corrected chi connectivity index (χ0v) is 18.8. The largest absolute Gasteiger partial charge is 0.496 e. The van der Waals surface area contributed by atoms with Crippen LogP contribution >= 0.6 is 0 Å². The molecule has 1 saturated heterocycles. The molecular weight excluding hydrogens is 402 g/mol. The number of hydrogen-bond acceptors (Lipinski definition) is 4. The molecule has 0 spiro atoms. The standard InChI is InChI=1S/C26H29N3O3/c1-28(2)20-12-10-19(11-13-20)27-25(30)18-7-6-16-29(17-18)26(31)23-14-15-24(32-3)22-9-5-4-8-21(22)23/h4-5,8-15,18H,6-7,16-17H2,1-3H3,(H,27,30)/t18-/m0/s1. The maximum Gasteiger partial charge on any atom is 0.254 e. The van der Waals surface area contributed by atoms with E-state index in [1.165, 1.54) is 0 Å². The van der Waals surface area contributed by atoms with Crippen molar-refractivity contribution in [3.05, 3.63) is 66.2 Å². The van der Waals surface area contributed by atoms with Crippen molar-refractivity contribution in [3.8, 4) is 5.75 Å². The summed E-state index contributed by atoms with van der Waals surface area (Å²) in [5.74, 6) is 0.426. The molecule has 0 bridgehead atoms. The molecule has 1 heterocycles. The van der Waals surface area contributed by atoms with Crippen molar-refractivity contribution in [1.29, 1.82) is 0 Å². The Hall–Kier alpha value is -3.54. The maximum absolute atomic E-state index is 13.4. The average Bonchev–Trinajstić information content (AvgIpc) is 2.83. The number of nitrogens with one attached hydrogen (secondary N) is 1. The summed E-state index contributed by atoms with van der Waals surface area (Å²) in [5.41, 5.74) is 2.48. The molecule has 0 unspecified atom stereocenters. The molecule has 1 aliphatic heterocycles. The van der Waals surface area contributed by atoms with Gasteiger partial charge in [0.15, 0.2) is 0 Å². The Labute approximate surface area is 188 Å². The van der Waals surface area contributed by atoms with E-state index in [9.17, 15) is 9.59 Å². The molecule has 3 aromatic carbocycles. The van der Waals surface area contributed by atoms with Crippen LogP contribution in [0.1, 0.15) is 23.2 Å². The molecule has 6 heteroatoms. The van der Waals surface area contributed by atoms with Gasteiger partial charge in [0.2, 0.25) is 5.91 Å². The average molecular weight is 432 g/mol. The second-order valence-corrected chi connectivity index (χ2v) is 8.38. The first-order valence-corrected chi connectivity index (χ1v) is 10.9. The van der Waals surface area contributed by atoms with E-state index in [2.05, 4.69) is 5.32 Å². The number of nitrogens with zero attached hydrogens (tertiary/aromatic N) is 2. The minimum atomic E-state index is -0.231. The zero-order chi connectivity index (χ0) is 22.7. The smallest absolute Gasteiger partial charge is 0.254 e. The van der Waals surface area contributed by atoms with Crippen LogP contribution in [0.5, 0.6) is 5.75 Å². The van der Waals surface area contributed by atoms with E-state index < -0.39 is 0 Å². The number of amides is 2. The van der Waals surface area contributed by atoms with Crippen molar-refractivity contribution in [2.24, 2.45) is 5.92 Å². The van der Waals surface area contributed by atoms with Crippen molar-refractivity contribution < 1.29 is 14.3 Å². The van der Waals surface area contributed by atoms with Gasteiger partial charge in [-0.15, -0.1) is 0 Å². The fourth-order valence-corrected chi connectivity index (χ4v) is 4.27. The van der Waals surface area contributed by atoms with Gasteiger partial charge < -0.3 is 19.9 Å². The van der Waals surface area contributed by atoms with Gasteiger partial charge >= 0.3 is 0 Å². The number of anilines is 2. The summed E-state index contributed by atoms with van der Waals surface area (Å²) < 4.78 is 5.45. The number of methoxy groups -OCH3 is 1. The van der Waals surface area contributed by atoms with Crippen molar-refractivity contribution in [2.75, 3.05) is 44.5 Å². The van der Waals surface area contributed by atoms with E-state index in [1.807, 2.05) is 79.7 Å². The van der Waals surface area contributed by atoms with Crippen molar-refractivity contribution in [3.63, 3.8) is 0 Å². The number of carbonyl (C=O) groups is 2. The lowest BCUT2D eigenvalue weighted by molar-refractivity contribution is -0.121. The fraction of sp³-hybridized carbons (Fsp3) is 0.308. The highest BCUT2D eigenvalue weighted by Crippen LogP contribution is 2.30. The van der Waals surface area contributed by atoms with Gasteiger partial charge in [-0.3, -0.25) is 9.59 Å². The third-order valence-corrected chi connectivity index (χ3v) is 6.07. The summed E-state index contributed by atoms with van der Waals surface area (Å²) in [4.78, 5) is 30.1. The number of rotatable bonds is 5. The predicted molar refractivity (Wildman–Crippen MR) is 129 cm³/mol. The highest BCUT2D eigenvalue weighted by molar-refractivity contribution is 6.08. The Kier molecular flexibility index (Phi) is 6.30. The molecule has 32 heavy (non-hydrogen) atoms. The second-order valence-electron chi connectivity index (χ2n) is 8.38. The van der Waals surface area contributed by atoms with Crippen LogP contribution in [0.4, 0.5) is 11.4 Å². The number of ether oxygens (including phenoxy) is 1. The van der Waals surface area contributed by atoms with E-state index in [0.717, 1.165) is 40.7 Å². The minimum absolute atomic E-state index is 0.0420. The molecule has 4 rings (SSSR count). The van der Waals surface area contributed by atoms with Crippen LogP contribution in [0.25, 0.3) is 10.8 Å². The molecule has 6 nitrogen and oxygen atoms in total. The van der Waals surface area contributed by atoms with Gasteiger partial charge in [-0.25, -0.2) is 0 Å². The molecule has 1 aliphatic rings. The maximum atomic E-state index is 13.4. The Morgan fingerprint density at radius 2 is 1.72 bits per heavy atom. The summed E-state index contributed by atoms with van der Waals surface area (Å²) in [7, 11) is 5.59. The summed E-state index contributed by atoms with van der Waals surface area (Å²) in [6.07, 6.45) is 1.58. The zero-order valence-electron chi connectivity index (χ0n) is 18.8. The first-order valence-electron chi connectivity index (χ1n) is 10.9. The lowest BCUT2D eigenvalue weighted by atomic mass is 9.95. The Balaban J connectivity index is 1.48. The van der Waals surface area contributed by atoms with Crippen LogP contribution in [0.2, 0.25) is 0 Å². The minimum Gasteiger partial charge on any atom is -0.496 e. The van der Waals surface area contributed by atoms with E-state index in [-0.39, 0.29) is 17.7 Å². The van der Waals surface area contributed by atoms with Gasteiger partial charge in [0, 0.05) is 49.5 Å². The number of piperidine rings is 1. The van der Waals surface area contributed by atoms with E-state index >= 15 is 0 Å². The summed E-state index contributed by atoms with van der Waals surface area (Å²) in [5, 5.41) is 4.79. The predicted octanol–water partition coefficient (Wildman–Crippen LogP) is 4.41. The van der Waals surface area contributed by atoms with Crippen LogP contribution in [-0.2, 0) is 4.79 Å². The molecule has 0 saturated carbocycles. The molecule has 0 radical (unpaired) electrons. The third-order valence-electron chi connectivity index (χ3n) is 6.07. The van der Waals surface area contributed by atoms with Gasteiger partial charge in [0.1, 0.15) is 5.75 Å². The summed E-state index contributed by atoms with van der Waals surface area (Å²) in [6, 6.07) is 19.2. The monoisotopic (exact) mass is 431 g/mol. The van der Waals surface area contributed by atoms with Gasteiger partial charge in [-0.05, 0) is 54.6 Å².